The van der Waals surface area contributed by atoms with Crippen LogP contribution in [0.25, 0.3) is 17.3 Å². The molecule has 1 aliphatic heterocycles. The third kappa shape index (κ3) is 4.06. The van der Waals surface area contributed by atoms with Gasteiger partial charge in [-0.25, -0.2) is 0 Å². The summed E-state index contributed by atoms with van der Waals surface area (Å²) in [6.45, 7) is 2.46. The molecule has 8 nitrogen and oxygen atoms in total. The second kappa shape index (κ2) is 8.80. The number of hydrogen-bond donors (Lipinski definition) is 1. The summed E-state index contributed by atoms with van der Waals surface area (Å²) in [6.07, 6.45) is 1.60. The highest BCUT2D eigenvalue weighted by molar-refractivity contribution is 8.00. The molecule has 162 valence electrons. The molecule has 1 atom stereocenters. The van der Waals surface area contributed by atoms with Crippen LogP contribution in [0.3, 0.4) is 0 Å². The lowest BCUT2D eigenvalue weighted by atomic mass is 10.2. The number of furan rings is 1. The number of ether oxygens (including phenoxy) is 2. The quantitative estimate of drug-likeness (QED) is 0.427. The summed E-state index contributed by atoms with van der Waals surface area (Å²) in [7, 11) is 0. The molecule has 0 aliphatic carbocycles. The number of carbonyl (C=O) groups is 1. The van der Waals surface area contributed by atoms with Crippen LogP contribution in [-0.4, -0.2) is 32.7 Å². The predicted molar refractivity (Wildman–Crippen MR) is 119 cm³/mol. The Hall–Kier alpha value is -3.72. The van der Waals surface area contributed by atoms with Gasteiger partial charge in [0.25, 0.3) is 0 Å². The zero-order chi connectivity index (χ0) is 21.9. The van der Waals surface area contributed by atoms with Crippen molar-refractivity contribution in [2.24, 2.45) is 0 Å². The fourth-order valence-corrected chi connectivity index (χ4v) is 4.21. The molecule has 4 aromatic rings. The predicted octanol–water partition coefficient (Wildman–Crippen LogP) is 4.05. The molecular formula is C23H20N4O4S. The van der Waals surface area contributed by atoms with Crippen molar-refractivity contribution in [3.05, 3.63) is 72.5 Å². The highest BCUT2D eigenvalue weighted by Gasteiger charge is 2.23. The van der Waals surface area contributed by atoms with Crippen molar-refractivity contribution in [3.63, 3.8) is 0 Å². The van der Waals surface area contributed by atoms with Gasteiger partial charge >= 0.3 is 0 Å². The molecule has 2 aromatic heterocycles. The molecule has 0 radical (unpaired) electrons. The summed E-state index contributed by atoms with van der Waals surface area (Å²) in [5.74, 6) is 2.50. The van der Waals surface area contributed by atoms with E-state index in [2.05, 4.69) is 15.5 Å². The van der Waals surface area contributed by atoms with Gasteiger partial charge < -0.3 is 19.2 Å². The third-order valence-corrected chi connectivity index (χ3v) is 5.99. The maximum Gasteiger partial charge on any atom is 0.233 e. The van der Waals surface area contributed by atoms with Crippen LogP contribution in [0, 0.1) is 0 Å². The molecule has 5 rings (SSSR count). The maximum absolute atomic E-state index is 12.8. The van der Waals surface area contributed by atoms with E-state index in [0.717, 1.165) is 17.0 Å². The molecule has 3 heterocycles. The van der Waals surface area contributed by atoms with E-state index >= 15 is 0 Å². The number of carbonyl (C=O) groups excluding carboxylic acids is 1. The summed E-state index contributed by atoms with van der Waals surface area (Å²) >= 11 is 1.34. The van der Waals surface area contributed by atoms with Crippen molar-refractivity contribution in [2.45, 2.75) is 23.9 Å². The summed E-state index contributed by atoms with van der Waals surface area (Å²) in [5.41, 5.74) is 1.83. The molecule has 1 N–H and O–H groups in total. The number of nitrogens with zero attached hydrogens (tertiary/aromatic N) is 3. The molecule has 0 saturated heterocycles. The second-order valence-electron chi connectivity index (χ2n) is 7.12. The Morgan fingerprint density at radius 2 is 1.94 bits per heavy atom. The number of nitrogens with one attached hydrogen (secondary N) is 1. The van der Waals surface area contributed by atoms with Crippen LogP contribution in [-0.2, 0) is 11.3 Å². The zero-order valence-electron chi connectivity index (χ0n) is 17.2. The minimum Gasteiger partial charge on any atom is -0.461 e. The number of amides is 1. The Morgan fingerprint density at radius 1 is 1.09 bits per heavy atom. The number of rotatable bonds is 7. The van der Waals surface area contributed by atoms with E-state index in [1.54, 1.807) is 12.3 Å². The molecule has 0 unspecified atom stereocenters. The van der Waals surface area contributed by atoms with Crippen molar-refractivity contribution in [2.75, 3.05) is 6.79 Å². The molecule has 1 aliphatic rings. The van der Waals surface area contributed by atoms with Crippen LogP contribution in [0.5, 0.6) is 11.5 Å². The van der Waals surface area contributed by atoms with Gasteiger partial charge in [0.2, 0.25) is 18.5 Å². The molecule has 1 amide bonds. The lowest BCUT2D eigenvalue weighted by molar-refractivity contribution is -0.120. The molecular weight excluding hydrogens is 428 g/mol. The lowest BCUT2D eigenvalue weighted by Crippen LogP contribution is -2.30. The Kier molecular flexibility index (Phi) is 5.55. The average molecular weight is 449 g/mol. The van der Waals surface area contributed by atoms with Crippen molar-refractivity contribution in [1.29, 1.82) is 0 Å². The highest BCUT2D eigenvalue weighted by atomic mass is 32.2. The molecule has 32 heavy (non-hydrogen) atoms. The van der Waals surface area contributed by atoms with Crippen LogP contribution in [0.2, 0.25) is 0 Å². The fourth-order valence-electron chi connectivity index (χ4n) is 3.32. The van der Waals surface area contributed by atoms with Gasteiger partial charge in [-0.15, -0.1) is 10.2 Å². The van der Waals surface area contributed by atoms with Gasteiger partial charge in [-0.3, -0.25) is 9.36 Å². The summed E-state index contributed by atoms with van der Waals surface area (Å²) in [6, 6.07) is 19.0. The Balaban J connectivity index is 1.31. The summed E-state index contributed by atoms with van der Waals surface area (Å²) < 4.78 is 18.2. The monoisotopic (exact) mass is 448 g/mol. The number of para-hydroxylation sites is 1. The van der Waals surface area contributed by atoms with Crippen molar-refractivity contribution in [1.82, 2.24) is 20.1 Å². The van der Waals surface area contributed by atoms with Crippen molar-refractivity contribution in [3.8, 4) is 28.8 Å². The lowest BCUT2D eigenvalue weighted by Gasteiger charge is -2.13. The molecule has 0 fully saturated rings. The number of thioether (sulfide) groups is 1. The molecule has 0 saturated carbocycles. The minimum absolute atomic E-state index is 0.102. The van der Waals surface area contributed by atoms with Gasteiger partial charge in [0.1, 0.15) is 0 Å². The standard InChI is InChI=1S/C23H20N4O4S/c1-15(22(28)24-13-16-9-10-18-20(12-16)31-14-30-18)32-23-26-25-21(19-8-5-11-29-19)27(23)17-6-3-2-4-7-17/h2-12,15H,13-14H2,1H3,(H,24,28)/t15-/m1/s1. The number of aromatic nitrogens is 3. The van der Waals surface area contributed by atoms with E-state index in [4.69, 9.17) is 13.9 Å². The van der Waals surface area contributed by atoms with Gasteiger partial charge in [0, 0.05) is 12.2 Å². The maximum atomic E-state index is 12.8. The first-order valence-electron chi connectivity index (χ1n) is 10.1. The number of hydrogen-bond acceptors (Lipinski definition) is 7. The van der Waals surface area contributed by atoms with Gasteiger partial charge in [-0.2, -0.15) is 0 Å². The van der Waals surface area contributed by atoms with Gasteiger partial charge in [-0.05, 0) is 48.9 Å². The Bertz CT molecular complexity index is 1220. The fraction of sp³-hybridized carbons (Fsp3) is 0.174. The topological polar surface area (TPSA) is 91.4 Å². The van der Waals surface area contributed by atoms with Gasteiger partial charge in [-0.1, -0.05) is 36.0 Å². The van der Waals surface area contributed by atoms with E-state index in [9.17, 15) is 4.79 Å². The van der Waals surface area contributed by atoms with E-state index < -0.39 is 0 Å². The SMILES string of the molecule is C[C@@H](Sc1nnc(-c2ccco2)n1-c1ccccc1)C(=O)NCc1ccc2c(c1)OCO2. The van der Waals surface area contributed by atoms with E-state index in [1.165, 1.54) is 11.8 Å². The molecule has 0 bridgehead atoms. The summed E-state index contributed by atoms with van der Waals surface area (Å²) in [5, 5.41) is 11.8. The minimum atomic E-state index is -0.389. The van der Waals surface area contributed by atoms with E-state index in [0.29, 0.717) is 29.0 Å². The zero-order valence-corrected chi connectivity index (χ0v) is 18.0. The molecule has 0 spiro atoms. The normalized spacial score (nSPS) is 13.2. The molecule has 2 aromatic carbocycles. The van der Waals surface area contributed by atoms with Crippen LogP contribution >= 0.6 is 11.8 Å². The highest BCUT2D eigenvalue weighted by Crippen LogP contribution is 2.33. The number of fused-ring (bicyclic) bond motifs is 1. The first kappa shape index (κ1) is 20.2. The van der Waals surface area contributed by atoms with E-state index in [1.807, 2.05) is 66.1 Å². The number of benzene rings is 2. The third-order valence-electron chi connectivity index (χ3n) is 4.94. The largest absolute Gasteiger partial charge is 0.461 e. The van der Waals surface area contributed by atoms with Crippen LogP contribution < -0.4 is 14.8 Å². The van der Waals surface area contributed by atoms with Crippen molar-refractivity contribution < 1.29 is 18.7 Å². The van der Waals surface area contributed by atoms with Crippen LogP contribution in [0.1, 0.15) is 12.5 Å². The Labute approximate surface area is 188 Å². The molecule has 9 heteroatoms. The van der Waals surface area contributed by atoms with Crippen molar-refractivity contribution >= 4 is 17.7 Å². The van der Waals surface area contributed by atoms with Gasteiger partial charge in [0.05, 0.1) is 11.5 Å². The summed E-state index contributed by atoms with van der Waals surface area (Å²) in [4.78, 5) is 12.8. The van der Waals surface area contributed by atoms with E-state index in [-0.39, 0.29) is 18.0 Å². The first-order valence-corrected chi connectivity index (χ1v) is 10.9. The van der Waals surface area contributed by atoms with Crippen LogP contribution in [0.15, 0.2) is 76.5 Å². The second-order valence-corrected chi connectivity index (χ2v) is 8.43. The first-order chi connectivity index (χ1) is 15.7. The average Bonchev–Trinajstić information content (AvgIpc) is 3.58. The smallest absolute Gasteiger partial charge is 0.233 e. The van der Waals surface area contributed by atoms with Crippen LogP contribution in [0.4, 0.5) is 0 Å². The van der Waals surface area contributed by atoms with Gasteiger partial charge in [0.15, 0.2) is 22.4 Å². The Morgan fingerprint density at radius 3 is 2.75 bits per heavy atom.